The van der Waals surface area contributed by atoms with Crippen molar-refractivity contribution in [3.05, 3.63) is 35.9 Å². The van der Waals surface area contributed by atoms with E-state index in [1.807, 2.05) is 26.0 Å². The van der Waals surface area contributed by atoms with Crippen LogP contribution in [0.4, 0.5) is 0 Å². The zero-order valence-corrected chi connectivity index (χ0v) is 7.70. The largest absolute Gasteiger partial charge is 0.412 e. The van der Waals surface area contributed by atoms with Crippen molar-refractivity contribution < 1.29 is 5.48 Å². The number of nitrogens with zero attached hydrogens (tertiary/aromatic N) is 2. The van der Waals surface area contributed by atoms with Crippen molar-refractivity contribution in [2.45, 2.75) is 13.8 Å². The van der Waals surface area contributed by atoms with E-state index in [0.717, 1.165) is 11.4 Å². The van der Waals surface area contributed by atoms with Gasteiger partial charge in [-0.15, -0.1) is 0 Å². The van der Waals surface area contributed by atoms with E-state index in [9.17, 15) is 0 Å². The van der Waals surface area contributed by atoms with Gasteiger partial charge in [-0.25, -0.2) is 0 Å². The molecule has 0 radical (unpaired) electrons. The number of nitrogens with one attached hydrogen (secondary N) is 2. The van der Waals surface area contributed by atoms with E-state index in [2.05, 4.69) is 20.4 Å². The third kappa shape index (κ3) is 4.76. The molecule has 0 aliphatic carbocycles. The van der Waals surface area contributed by atoms with Crippen molar-refractivity contribution in [1.29, 1.82) is 0 Å². The zero-order valence-electron chi connectivity index (χ0n) is 7.70. The lowest BCUT2D eigenvalue weighted by molar-refractivity contribution is 0.824. The Bertz CT molecular complexity index is 256. The molecule has 5 heteroatoms. The highest BCUT2D eigenvalue weighted by atomic mass is 16.0. The number of aryl methyl sites for hydroxylation is 2. The molecular formula is C8H14N4O. The lowest BCUT2D eigenvalue weighted by atomic mass is 10.5. The van der Waals surface area contributed by atoms with E-state index in [4.69, 9.17) is 0 Å². The molecule has 0 bridgehead atoms. The number of H-pyrrole nitrogens is 2. The number of aromatic nitrogens is 4. The quantitative estimate of drug-likeness (QED) is 0.625. The van der Waals surface area contributed by atoms with Crippen molar-refractivity contribution in [1.82, 2.24) is 20.4 Å². The summed E-state index contributed by atoms with van der Waals surface area (Å²) in [7, 11) is 0. The monoisotopic (exact) mass is 182 g/mol. The number of rotatable bonds is 0. The minimum Gasteiger partial charge on any atom is -0.412 e. The van der Waals surface area contributed by atoms with Gasteiger partial charge in [-0.2, -0.15) is 10.2 Å². The van der Waals surface area contributed by atoms with Gasteiger partial charge < -0.3 is 5.48 Å². The van der Waals surface area contributed by atoms with Gasteiger partial charge >= 0.3 is 0 Å². The third-order valence-corrected chi connectivity index (χ3v) is 1.28. The Labute approximate surface area is 76.5 Å². The Morgan fingerprint density at radius 3 is 1.38 bits per heavy atom. The first-order chi connectivity index (χ1) is 5.79. The first-order valence-corrected chi connectivity index (χ1v) is 3.72. The second-order valence-corrected chi connectivity index (χ2v) is 2.43. The van der Waals surface area contributed by atoms with Gasteiger partial charge in [-0.3, -0.25) is 10.2 Å². The fourth-order valence-corrected chi connectivity index (χ4v) is 0.668. The summed E-state index contributed by atoms with van der Waals surface area (Å²) in [5, 5.41) is 12.9. The fraction of sp³-hybridized carbons (Fsp3) is 0.250. The molecular weight excluding hydrogens is 168 g/mol. The van der Waals surface area contributed by atoms with Crippen LogP contribution in [0.3, 0.4) is 0 Å². The molecule has 0 amide bonds. The molecule has 0 fully saturated rings. The molecule has 0 saturated carbocycles. The maximum absolute atomic E-state index is 3.79. The highest BCUT2D eigenvalue weighted by molar-refractivity contribution is 4.92. The van der Waals surface area contributed by atoms with Crippen molar-refractivity contribution in [3.8, 4) is 0 Å². The van der Waals surface area contributed by atoms with E-state index in [0.29, 0.717) is 0 Å². The molecule has 2 heterocycles. The minimum absolute atomic E-state index is 0. The highest BCUT2D eigenvalue weighted by Crippen LogP contribution is 1.82. The predicted molar refractivity (Wildman–Crippen MR) is 50.3 cm³/mol. The molecule has 0 atom stereocenters. The molecule has 0 saturated heterocycles. The second-order valence-electron chi connectivity index (χ2n) is 2.43. The molecule has 13 heavy (non-hydrogen) atoms. The molecule has 2 rings (SSSR count). The molecule has 0 aliphatic heterocycles. The lowest BCUT2D eigenvalue weighted by Gasteiger charge is -1.65. The summed E-state index contributed by atoms with van der Waals surface area (Å²) in [6, 6.07) is 3.83. The third-order valence-electron chi connectivity index (χ3n) is 1.28. The number of hydrogen-bond acceptors (Lipinski definition) is 2. The first kappa shape index (κ1) is 11.4. The minimum atomic E-state index is 0. The Hall–Kier alpha value is -1.62. The van der Waals surface area contributed by atoms with Gasteiger partial charge in [-0.1, -0.05) is 0 Å². The molecule has 0 spiro atoms. The van der Waals surface area contributed by atoms with Gasteiger partial charge in [0.1, 0.15) is 0 Å². The highest BCUT2D eigenvalue weighted by Gasteiger charge is 1.75. The topological polar surface area (TPSA) is 88.9 Å². The molecule has 0 aliphatic rings. The molecule has 0 unspecified atom stereocenters. The van der Waals surface area contributed by atoms with Crippen LogP contribution < -0.4 is 0 Å². The Balaban J connectivity index is 0.000000206. The van der Waals surface area contributed by atoms with Crippen LogP contribution in [0.15, 0.2) is 24.5 Å². The van der Waals surface area contributed by atoms with Crippen molar-refractivity contribution in [2.24, 2.45) is 0 Å². The Kier molecular flexibility index (Phi) is 5.22. The van der Waals surface area contributed by atoms with E-state index < -0.39 is 0 Å². The Morgan fingerprint density at radius 2 is 1.31 bits per heavy atom. The summed E-state index contributed by atoms with van der Waals surface area (Å²) in [6.07, 6.45) is 3.60. The second kappa shape index (κ2) is 5.96. The maximum Gasteiger partial charge on any atom is 0.0591 e. The van der Waals surface area contributed by atoms with Crippen molar-refractivity contribution in [2.75, 3.05) is 0 Å². The van der Waals surface area contributed by atoms with E-state index >= 15 is 0 Å². The summed E-state index contributed by atoms with van der Waals surface area (Å²) in [5.74, 6) is 0. The fourth-order valence-electron chi connectivity index (χ4n) is 0.668. The van der Waals surface area contributed by atoms with Crippen LogP contribution in [0.2, 0.25) is 0 Å². The standard InChI is InChI=1S/2C4H6N2.H2O/c2*1-4-2-3-5-6-4;/h2*2-3H,1H3,(H,5,6);1H2. The van der Waals surface area contributed by atoms with Crippen LogP contribution >= 0.6 is 0 Å². The van der Waals surface area contributed by atoms with E-state index in [1.54, 1.807) is 12.4 Å². The van der Waals surface area contributed by atoms with Crippen molar-refractivity contribution >= 4 is 0 Å². The van der Waals surface area contributed by atoms with Gasteiger partial charge in [0.2, 0.25) is 0 Å². The average Bonchev–Trinajstić information content (AvgIpc) is 2.63. The number of aromatic amines is 2. The van der Waals surface area contributed by atoms with E-state index in [1.165, 1.54) is 0 Å². The van der Waals surface area contributed by atoms with Gasteiger partial charge in [0.15, 0.2) is 0 Å². The normalized spacial score (nSPS) is 8.15. The molecule has 4 N–H and O–H groups in total. The van der Waals surface area contributed by atoms with Gasteiger partial charge in [0, 0.05) is 12.4 Å². The average molecular weight is 182 g/mol. The molecule has 5 nitrogen and oxygen atoms in total. The summed E-state index contributed by atoms with van der Waals surface area (Å²) in [6.45, 7) is 3.88. The van der Waals surface area contributed by atoms with E-state index in [-0.39, 0.29) is 5.48 Å². The summed E-state index contributed by atoms with van der Waals surface area (Å²) in [4.78, 5) is 0. The molecule has 2 aromatic heterocycles. The summed E-state index contributed by atoms with van der Waals surface area (Å²) >= 11 is 0. The first-order valence-electron chi connectivity index (χ1n) is 3.72. The van der Waals surface area contributed by atoms with Gasteiger partial charge in [-0.05, 0) is 26.0 Å². The molecule has 0 aromatic carbocycles. The van der Waals surface area contributed by atoms with Crippen LogP contribution in [0.1, 0.15) is 11.4 Å². The molecule has 2 aromatic rings. The summed E-state index contributed by atoms with van der Waals surface area (Å²) in [5.41, 5.74) is 2.07. The van der Waals surface area contributed by atoms with Crippen LogP contribution in [0.25, 0.3) is 0 Å². The van der Waals surface area contributed by atoms with Gasteiger partial charge in [0.05, 0.1) is 11.4 Å². The zero-order chi connectivity index (χ0) is 8.81. The van der Waals surface area contributed by atoms with Crippen LogP contribution in [-0.2, 0) is 0 Å². The SMILES string of the molecule is Cc1cc[nH]n1.Cc1cc[nH]n1.O. The Morgan fingerprint density at radius 1 is 0.923 bits per heavy atom. The molecule has 72 valence electrons. The maximum atomic E-state index is 3.79. The van der Waals surface area contributed by atoms with Crippen LogP contribution in [0, 0.1) is 13.8 Å². The van der Waals surface area contributed by atoms with Crippen LogP contribution in [0.5, 0.6) is 0 Å². The lowest BCUT2D eigenvalue weighted by Crippen LogP contribution is -1.65. The predicted octanol–water partition coefficient (Wildman–Crippen LogP) is 0.612. The summed E-state index contributed by atoms with van der Waals surface area (Å²) < 4.78 is 0. The van der Waals surface area contributed by atoms with Gasteiger partial charge in [0.25, 0.3) is 0 Å². The smallest absolute Gasteiger partial charge is 0.0591 e. The van der Waals surface area contributed by atoms with Crippen molar-refractivity contribution in [3.63, 3.8) is 0 Å². The van der Waals surface area contributed by atoms with Crippen LogP contribution in [-0.4, -0.2) is 25.9 Å². The number of hydrogen-bond donors (Lipinski definition) is 2.